The zero-order valence-corrected chi connectivity index (χ0v) is 24.0. The first kappa shape index (κ1) is 28.9. The van der Waals surface area contributed by atoms with Gasteiger partial charge in [-0.05, 0) is 42.3 Å². The lowest BCUT2D eigenvalue weighted by Crippen LogP contribution is -2.49. The molecule has 0 bridgehead atoms. The number of likely N-dealkylation sites (tertiary alicyclic amines) is 1. The second-order valence-electron chi connectivity index (χ2n) is 10.9. The largest absolute Gasteiger partial charge is 0.384 e. The number of nitrogen functional groups attached to an aromatic ring is 1. The van der Waals surface area contributed by atoms with Crippen LogP contribution in [0.5, 0.6) is 0 Å². The van der Waals surface area contributed by atoms with E-state index in [1.807, 2.05) is 0 Å². The van der Waals surface area contributed by atoms with Crippen LogP contribution >= 0.6 is 11.3 Å². The van der Waals surface area contributed by atoms with Crippen molar-refractivity contribution in [2.45, 2.75) is 37.8 Å². The Balaban J connectivity index is 1.17. The molecule has 43 heavy (non-hydrogen) atoms. The van der Waals surface area contributed by atoms with Crippen LogP contribution < -0.4 is 11.1 Å². The quantitative estimate of drug-likeness (QED) is 0.278. The van der Waals surface area contributed by atoms with Gasteiger partial charge in [0.25, 0.3) is 5.91 Å². The fraction of sp³-hybridized carbons (Fsp3) is 0.333. The lowest BCUT2D eigenvalue weighted by Gasteiger charge is -2.27. The van der Waals surface area contributed by atoms with Crippen LogP contribution in [0, 0.1) is 17.0 Å². The van der Waals surface area contributed by atoms with Gasteiger partial charge >= 0.3 is 0 Å². The predicted octanol–water partition coefficient (Wildman–Crippen LogP) is 3.15. The van der Waals surface area contributed by atoms with Gasteiger partial charge in [0.1, 0.15) is 30.1 Å². The monoisotopic (exact) mass is 609 g/mol. The van der Waals surface area contributed by atoms with Crippen molar-refractivity contribution >= 4 is 34.9 Å². The molecule has 1 spiro atoms. The molecule has 13 heteroatoms. The highest BCUT2D eigenvalue weighted by molar-refractivity contribution is 7.10. The molecule has 224 valence electrons. The molecule has 3 aliphatic heterocycles. The van der Waals surface area contributed by atoms with Gasteiger partial charge in [-0.2, -0.15) is 0 Å². The molecule has 0 radical (unpaired) electrons. The van der Waals surface area contributed by atoms with Gasteiger partial charge in [0.15, 0.2) is 5.79 Å². The number of amides is 3. The van der Waals surface area contributed by atoms with Crippen LogP contribution in [0.3, 0.4) is 0 Å². The molecule has 10 nitrogen and oxygen atoms in total. The van der Waals surface area contributed by atoms with Crippen molar-refractivity contribution in [3.8, 4) is 11.1 Å². The van der Waals surface area contributed by atoms with E-state index < -0.39 is 47.2 Å². The number of nitrogens with zero attached hydrogens (tertiary/aromatic N) is 2. The minimum Gasteiger partial charge on any atom is -0.384 e. The molecule has 4 heterocycles. The van der Waals surface area contributed by atoms with Gasteiger partial charge in [0, 0.05) is 46.0 Å². The van der Waals surface area contributed by atoms with E-state index in [1.165, 1.54) is 27.2 Å². The van der Waals surface area contributed by atoms with E-state index in [2.05, 4.69) is 5.32 Å². The van der Waals surface area contributed by atoms with Crippen LogP contribution in [-0.2, 0) is 25.6 Å². The average Bonchev–Trinajstić information content (AvgIpc) is 3.77. The minimum atomic E-state index is -1.10. The van der Waals surface area contributed by atoms with E-state index in [0.29, 0.717) is 35.5 Å². The summed E-state index contributed by atoms with van der Waals surface area (Å²) in [5.41, 5.74) is 7.72. The zero-order valence-electron chi connectivity index (χ0n) is 23.2. The van der Waals surface area contributed by atoms with E-state index in [9.17, 15) is 23.2 Å². The predicted molar refractivity (Wildman–Crippen MR) is 153 cm³/mol. The van der Waals surface area contributed by atoms with E-state index in [1.54, 1.807) is 36.6 Å². The molecule has 3 aromatic rings. The standard InChI is InChI=1S/C30H29F2N5O5S/c1-16(25-9-19(14-43-25)27(33)34)35-28(39)24-11-30(41-6-7-42-30)15-37(24)26(38)13-36-12-18-3-2-17(8-22(18)29(36)40)21-5-4-20(31)10-23(21)32/h2-5,8-10,14,16,24H,6-7,11-13,15H2,1H3,(H3,33,34)(H,35,39)/t16-,24?/m1/s1. The summed E-state index contributed by atoms with van der Waals surface area (Å²) in [5, 5.41) is 12.3. The number of ether oxygens (including phenoxy) is 2. The lowest BCUT2D eigenvalue weighted by atomic mass is 10.00. The third kappa shape index (κ3) is 5.51. The molecular formula is C30H29F2N5O5S. The maximum absolute atomic E-state index is 14.4. The van der Waals surface area contributed by atoms with Gasteiger partial charge in [0.05, 0.1) is 25.8 Å². The Hall–Kier alpha value is -4.20. The van der Waals surface area contributed by atoms with Crippen molar-refractivity contribution in [1.29, 1.82) is 5.41 Å². The average molecular weight is 610 g/mol. The molecule has 0 saturated carbocycles. The van der Waals surface area contributed by atoms with Gasteiger partial charge in [-0.25, -0.2) is 8.78 Å². The summed E-state index contributed by atoms with van der Waals surface area (Å²) in [6.45, 7) is 2.41. The summed E-state index contributed by atoms with van der Waals surface area (Å²) < 4.78 is 39.4. The number of carbonyl (C=O) groups excluding carboxylic acids is 3. The van der Waals surface area contributed by atoms with E-state index >= 15 is 0 Å². The first-order valence-electron chi connectivity index (χ1n) is 13.7. The maximum Gasteiger partial charge on any atom is 0.254 e. The number of nitrogens with two attached hydrogens (primary N) is 1. The van der Waals surface area contributed by atoms with Crippen molar-refractivity contribution in [2.75, 3.05) is 26.3 Å². The highest BCUT2D eigenvalue weighted by Gasteiger charge is 2.53. The first-order chi connectivity index (χ1) is 20.5. The molecule has 1 aromatic heterocycles. The number of rotatable bonds is 7. The number of fused-ring (bicyclic) bond motifs is 1. The minimum absolute atomic E-state index is 0.0365. The van der Waals surface area contributed by atoms with Crippen LogP contribution in [0.4, 0.5) is 8.78 Å². The van der Waals surface area contributed by atoms with Crippen LogP contribution in [0.15, 0.2) is 47.8 Å². The SMILES string of the molecule is C[C@@H](NC(=O)C1CC2(CN1C(=O)CN1Cc3ccc(-c4ccc(F)cc4F)cc3C1=O)OCCO2)c1cc(C(=N)N)cs1. The normalized spacial score (nSPS) is 19.6. The van der Waals surface area contributed by atoms with Crippen LogP contribution in [0.1, 0.15) is 45.7 Å². The van der Waals surface area contributed by atoms with Crippen molar-refractivity contribution in [3.05, 3.63) is 81.0 Å². The number of nitrogens with one attached hydrogen (secondary N) is 2. The van der Waals surface area contributed by atoms with Crippen LogP contribution in [0.25, 0.3) is 11.1 Å². The summed E-state index contributed by atoms with van der Waals surface area (Å²) in [7, 11) is 0. The molecule has 0 aliphatic carbocycles. The third-order valence-corrected chi connectivity index (χ3v) is 9.12. The Kier molecular flexibility index (Phi) is 7.48. The second-order valence-corrected chi connectivity index (χ2v) is 11.8. The molecule has 2 aromatic carbocycles. The van der Waals surface area contributed by atoms with Crippen molar-refractivity contribution in [2.24, 2.45) is 5.73 Å². The van der Waals surface area contributed by atoms with Gasteiger partial charge in [-0.3, -0.25) is 19.8 Å². The summed E-state index contributed by atoms with van der Waals surface area (Å²) in [5.74, 6) is -3.84. The van der Waals surface area contributed by atoms with Crippen molar-refractivity contribution in [1.82, 2.24) is 15.1 Å². The highest BCUT2D eigenvalue weighted by atomic mass is 32.1. The molecular weight excluding hydrogens is 580 g/mol. The fourth-order valence-electron chi connectivity index (χ4n) is 5.78. The van der Waals surface area contributed by atoms with Crippen molar-refractivity contribution < 1.29 is 32.6 Å². The first-order valence-corrected chi connectivity index (χ1v) is 14.6. The zero-order chi connectivity index (χ0) is 30.5. The molecule has 1 unspecified atom stereocenters. The highest BCUT2D eigenvalue weighted by Crippen LogP contribution is 2.36. The lowest BCUT2D eigenvalue weighted by molar-refractivity contribution is -0.152. The number of halogens is 2. The Morgan fingerprint density at radius 3 is 2.63 bits per heavy atom. The number of hydrogen-bond acceptors (Lipinski definition) is 7. The molecule has 6 rings (SSSR count). The number of benzene rings is 2. The second kappa shape index (κ2) is 11.1. The Bertz CT molecular complexity index is 1640. The summed E-state index contributed by atoms with van der Waals surface area (Å²) in [4.78, 5) is 44.1. The third-order valence-electron chi connectivity index (χ3n) is 8.00. The topological polar surface area (TPSA) is 138 Å². The Morgan fingerprint density at radius 2 is 1.93 bits per heavy atom. The molecule has 2 saturated heterocycles. The van der Waals surface area contributed by atoms with Crippen LogP contribution in [0.2, 0.25) is 0 Å². The van der Waals surface area contributed by atoms with Crippen LogP contribution in [-0.4, -0.2) is 71.5 Å². The molecule has 2 atom stereocenters. The van der Waals surface area contributed by atoms with Gasteiger partial charge in [-0.1, -0.05) is 12.1 Å². The van der Waals surface area contributed by atoms with Gasteiger partial charge < -0.3 is 30.3 Å². The molecule has 2 fully saturated rings. The number of hydrogen-bond donors (Lipinski definition) is 3. The fourth-order valence-corrected chi connectivity index (χ4v) is 6.69. The molecule has 4 N–H and O–H groups in total. The maximum atomic E-state index is 14.4. The van der Waals surface area contributed by atoms with E-state index in [-0.39, 0.29) is 37.5 Å². The molecule has 3 aliphatic rings. The van der Waals surface area contributed by atoms with Crippen molar-refractivity contribution in [3.63, 3.8) is 0 Å². The van der Waals surface area contributed by atoms with Gasteiger partial charge in [-0.15, -0.1) is 11.3 Å². The summed E-state index contributed by atoms with van der Waals surface area (Å²) in [6.07, 6.45) is 0.140. The summed E-state index contributed by atoms with van der Waals surface area (Å²) in [6, 6.07) is 8.59. The van der Waals surface area contributed by atoms with E-state index in [4.69, 9.17) is 20.6 Å². The number of thiophene rings is 1. The Labute approximate surface area is 249 Å². The number of amidine groups is 1. The Morgan fingerprint density at radius 1 is 1.16 bits per heavy atom. The van der Waals surface area contributed by atoms with Gasteiger partial charge in [0.2, 0.25) is 11.8 Å². The number of carbonyl (C=O) groups is 3. The van der Waals surface area contributed by atoms with E-state index in [0.717, 1.165) is 17.0 Å². The molecule has 3 amide bonds. The smallest absolute Gasteiger partial charge is 0.254 e. The summed E-state index contributed by atoms with van der Waals surface area (Å²) >= 11 is 1.37.